The molecule has 3 heterocycles. The van der Waals surface area contributed by atoms with Gasteiger partial charge in [0.1, 0.15) is 5.69 Å². The van der Waals surface area contributed by atoms with E-state index in [1.54, 1.807) is 0 Å². The summed E-state index contributed by atoms with van der Waals surface area (Å²) in [5.74, 6) is 0.0209. The quantitative estimate of drug-likeness (QED) is 0.537. The number of benzene rings is 2. The van der Waals surface area contributed by atoms with Crippen LogP contribution in [0.5, 0.6) is 0 Å². The van der Waals surface area contributed by atoms with E-state index in [4.69, 9.17) is 4.98 Å². The second-order valence-corrected chi connectivity index (χ2v) is 8.25. The van der Waals surface area contributed by atoms with Crippen LogP contribution in [0.1, 0.15) is 27.3 Å². The highest BCUT2D eigenvalue weighted by Gasteiger charge is 2.25. The number of H-pyrrole nitrogens is 1. The van der Waals surface area contributed by atoms with Crippen LogP contribution in [0.3, 0.4) is 0 Å². The van der Waals surface area contributed by atoms with Crippen molar-refractivity contribution in [3.05, 3.63) is 71.0 Å². The minimum atomic E-state index is 0.0209. The summed E-state index contributed by atoms with van der Waals surface area (Å²) in [4.78, 5) is 25.6. The van der Waals surface area contributed by atoms with Crippen LogP contribution in [0.25, 0.3) is 21.8 Å². The number of nitrogens with zero attached hydrogens (tertiary/aromatic N) is 3. The Morgan fingerprint density at radius 1 is 0.933 bits per heavy atom. The molecule has 0 bridgehead atoms. The Morgan fingerprint density at radius 3 is 2.47 bits per heavy atom. The summed E-state index contributed by atoms with van der Waals surface area (Å²) in [5, 5.41) is 2.11. The highest BCUT2D eigenvalue weighted by molar-refractivity contribution is 6.07. The molecule has 1 aliphatic rings. The number of piperazine rings is 1. The Kier molecular flexibility index (Phi) is 4.46. The second kappa shape index (κ2) is 7.17. The Morgan fingerprint density at radius 2 is 1.67 bits per heavy atom. The standard InChI is InChI=1S/C25H26N4O/c1-16-5-4-6-22(18(16)3)28-11-13-29(14-12-28)25(30)21-15-20-10-9-19-8-7-17(2)26-23(19)24(20)27-21/h4-10,15,26H,11-14H2,1-3H3. The van der Waals surface area contributed by atoms with Gasteiger partial charge in [0.15, 0.2) is 0 Å². The number of carbonyl (C=O) groups is 1. The Balaban J connectivity index is 1.38. The van der Waals surface area contributed by atoms with Crippen molar-refractivity contribution in [2.75, 3.05) is 31.1 Å². The number of hydrogen-bond acceptors (Lipinski definition) is 3. The normalized spacial score (nSPS) is 14.6. The van der Waals surface area contributed by atoms with Gasteiger partial charge in [0.2, 0.25) is 0 Å². The number of carbonyl (C=O) groups excluding carboxylic acids is 1. The third-order valence-corrected chi connectivity index (χ3v) is 6.30. The van der Waals surface area contributed by atoms with Crippen LogP contribution in [0, 0.1) is 20.8 Å². The zero-order chi connectivity index (χ0) is 20.8. The van der Waals surface area contributed by atoms with E-state index in [9.17, 15) is 4.79 Å². The molecule has 0 unspecified atom stereocenters. The number of aromatic amines is 1. The lowest BCUT2D eigenvalue weighted by atomic mass is 10.1. The molecular weight excluding hydrogens is 372 g/mol. The van der Waals surface area contributed by atoms with Crippen LogP contribution in [0.15, 0.2) is 48.5 Å². The van der Waals surface area contributed by atoms with E-state index in [-0.39, 0.29) is 5.91 Å². The summed E-state index contributed by atoms with van der Waals surface area (Å²) < 4.78 is 0. The average Bonchev–Trinajstić information content (AvgIpc) is 3.20. The zero-order valence-electron chi connectivity index (χ0n) is 17.7. The van der Waals surface area contributed by atoms with E-state index in [2.05, 4.69) is 60.1 Å². The lowest BCUT2D eigenvalue weighted by Crippen LogP contribution is -2.49. The minimum Gasteiger partial charge on any atom is -0.368 e. The molecule has 5 heteroatoms. The first kappa shape index (κ1) is 18.7. The summed E-state index contributed by atoms with van der Waals surface area (Å²) >= 11 is 0. The molecule has 0 atom stereocenters. The Bertz CT molecular complexity index is 1270. The Hall–Kier alpha value is -3.34. The van der Waals surface area contributed by atoms with Crippen molar-refractivity contribution in [2.24, 2.45) is 0 Å². The number of aryl methyl sites for hydroxylation is 2. The van der Waals surface area contributed by atoms with Crippen LogP contribution in [0.4, 0.5) is 5.69 Å². The van der Waals surface area contributed by atoms with E-state index >= 15 is 0 Å². The first-order valence-electron chi connectivity index (χ1n) is 10.5. The van der Waals surface area contributed by atoms with Gasteiger partial charge in [-0.3, -0.25) is 4.79 Å². The van der Waals surface area contributed by atoms with Crippen LogP contribution in [-0.2, 0) is 0 Å². The molecule has 0 aliphatic carbocycles. The maximum Gasteiger partial charge on any atom is 0.272 e. The number of anilines is 1. The number of amides is 1. The first-order valence-corrected chi connectivity index (χ1v) is 10.5. The van der Waals surface area contributed by atoms with Crippen LogP contribution in [0.2, 0.25) is 0 Å². The molecule has 152 valence electrons. The number of pyridine rings is 1. The van der Waals surface area contributed by atoms with Gasteiger partial charge in [-0.05, 0) is 50.1 Å². The fourth-order valence-electron chi connectivity index (χ4n) is 4.38. The summed E-state index contributed by atoms with van der Waals surface area (Å²) in [5.41, 5.74) is 7.37. The molecule has 1 fully saturated rings. The number of fused-ring (bicyclic) bond motifs is 3. The number of aromatic nitrogens is 2. The van der Waals surface area contributed by atoms with Crippen LogP contribution < -0.4 is 4.90 Å². The first-order chi connectivity index (χ1) is 14.5. The van der Waals surface area contributed by atoms with Crippen LogP contribution in [-0.4, -0.2) is 47.0 Å². The van der Waals surface area contributed by atoms with Gasteiger partial charge in [-0.25, -0.2) is 4.98 Å². The molecule has 30 heavy (non-hydrogen) atoms. The van der Waals surface area contributed by atoms with Crippen molar-refractivity contribution in [1.29, 1.82) is 0 Å². The highest BCUT2D eigenvalue weighted by Crippen LogP contribution is 2.27. The van der Waals surface area contributed by atoms with Gasteiger partial charge in [-0.2, -0.15) is 0 Å². The van der Waals surface area contributed by atoms with Crippen molar-refractivity contribution in [3.63, 3.8) is 0 Å². The molecule has 1 saturated heterocycles. The predicted octanol–water partition coefficient (Wildman–Crippen LogP) is 4.60. The molecule has 0 radical (unpaired) electrons. The minimum absolute atomic E-state index is 0.0209. The summed E-state index contributed by atoms with van der Waals surface area (Å²) in [6.07, 6.45) is 0. The smallest absolute Gasteiger partial charge is 0.272 e. The summed E-state index contributed by atoms with van der Waals surface area (Å²) in [6, 6.07) is 16.6. The fourth-order valence-corrected chi connectivity index (χ4v) is 4.38. The highest BCUT2D eigenvalue weighted by atomic mass is 16.2. The topological polar surface area (TPSA) is 52.2 Å². The van der Waals surface area contributed by atoms with Crippen molar-refractivity contribution in [2.45, 2.75) is 20.8 Å². The second-order valence-electron chi connectivity index (χ2n) is 8.25. The fraction of sp³-hybridized carbons (Fsp3) is 0.280. The zero-order valence-corrected chi connectivity index (χ0v) is 17.7. The molecule has 1 aliphatic heterocycles. The number of rotatable bonds is 2. The molecule has 4 aromatic rings. The molecule has 0 saturated carbocycles. The van der Waals surface area contributed by atoms with Crippen molar-refractivity contribution < 1.29 is 4.79 Å². The van der Waals surface area contributed by atoms with E-state index in [0.29, 0.717) is 18.8 Å². The van der Waals surface area contributed by atoms with E-state index in [1.165, 1.54) is 16.8 Å². The van der Waals surface area contributed by atoms with E-state index in [0.717, 1.165) is 40.6 Å². The molecule has 1 amide bonds. The SMILES string of the molecule is Cc1ccc2ccc3cc(C(=O)N4CCN(c5cccc(C)c5C)CC4)nc3c2[nH]1. The average molecular weight is 399 g/mol. The van der Waals surface area contributed by atoms with Gasteiger partial charge in [-0.15, -0.1) is 0 Å². The van der Waals surface area contributed by atoms with Gasteiger partial charge in [0.25, 0.3) is 5.91 Å². The van der Waals surface area contributed by atoms with E-state index < -0.39 is 0 Å². The van der Waals surface area contributed by atoms with Gasteiger partial charge >= 0.3 is 0 Å². The summed E-state index contributed by atoms with van der Waals surface area (Å²) in [7, 11) is 0. The van der Waals surface area contributed by atoms with Crippen molar-refractivity contribution >= 4 is 33.4 Å². The molecule has 5 rings (SSSR count). The van der Waals surface area contributed by atoms with Gasteiger partial charge in [0, 0.05) is 48.3 Å². The molecule has 2 aromatic carbocycles. The maximum atomic E-state index is 13.2. The molecular formula is C25H26N4O. The van der Waals surface area contributed by atoms with Crippen LogP contribution >= 0.6 is 0 Å². The molecule has 0 spiro atoms. The lowest BCUT2D eigenvalue weighted by molar-refractivity contribution is 0.0742. The number of nitrogens with one attached hydrogen (secondary N) is 1. The largest absolute Gasteiger partial charge is 0.368 e. The molecule has 5 nitrogen and oxygen atoms in total. The molecule has 2 aromatic heterocycles. The van der Waals surface area contributed by atoms with Crippen molar-refractivity contribution in [3.8, 4) is 0 Å². The summed E-state index contributed by atoms with van der Waals surface area (Å²) in [6.45, 7) is 9.45. The monoisotopic (exact) mass is 398 g/mol. The van der Waals surface area contributed by atoms with Gasteiger partial charge in [-0.1, -0.05) is 30.3 Å². The predicted molar refractivity (Wildman–Crippen MR) is 122 cm³/mol. The third-order valence-electron chi connectivity index (χ3n) is 6.30. The number of hydrogen-bond donors (Lipinski definition) is 1. The van der Waals surface area contributed by atoms with Crippen molar-refractivity contribution in [1.82, 2.24) is 14.9 Å². The van der Waals surface area contributed by atoms with Gasteiger partial charge in [0.05, 0.1) is 11.0 Å². The maximum absolute atomic E-state index is 13.2. The van der Waals surface area contributed by atoms with E-state index in [1.807, 2.05) is 24.0 Å². The third kappa shape index (κ3) is 3.11. The Labute approximate surface area is 176 Å². The van der Waals surface area contributed by atoms with Gasteiger partial charge < -0.3 is 14.8 Å². The molecule has 1 N–H and O–H groups in total. The lowest BCUT2D eigenvalue weighted by Gasteiger charge is -2.36.